The molecular weight excluding hydrogens is 406 g/mol. The van der Waals surface area contributed by atoms with Gasteiger partial charge in [0.05, 0.1) is 0 Å². The molecule has 2 heterocycles. The Morgan fingerprint density at radius 1 is 1.13 bits per heavy atom. The van der Waals surface area contributed by atoms with Gasteiger partial charge in [0.15, 0.2) is 16.6 Å². The first-order chi connectivity index (χ1) is 15.2. The highest BCUT2D eigenvalue weighted by Gasteiger charge is 2.51. The third-order valence-electron chi connectivity index (χ3n) is 7.22. The van der Waals surface area contributed by atoms with Crippen molar-refractivity contribution in [2.45, 2.75) is 56.7 Å². The number of nitrogens with zero attached hydrogens (tertiary/aromatic N) is 1. The minimum absolute atomic E-state index is 0.147. The summed E-state index contributed by atoms with van der Waals surface area (Å²) in [6, 6.07) is 18.3. The quantitative estimate of drug-likeness (QED) is 0.691. The van der Waals surface area contributed by atoms with Crippen molar-refractivity contribution in [1.82, 2.24) is 15.5 Å². The van der Waals surface area contributed by atoms with Crippen molar-refractivity contribution in [3.05, 3.63) is 59.7 Å². The standard InChI is InChI=1S/C25H31N3O2S/c1-2-26-24(31)27-20-10-11-25(19-8-9-21-22(14-19)30-17-29-21)12-13-28(23(25)15-20)16-18-6-4-3-5-7-18/h3-9,14,20,23H,2,10-13,15-17H2,1H3,(H2,26,27,31)/t20-,23-,25+/m1/s1. The van der Waals surface area contributed by atoms with E-state index in [0.29, 0.717) is 18.9 Å². The highest BCUT2D eigenvalue weighted by Crippen LogP contribution is 2.51. The van der Waals surface area contributed by atoms with Gasteiger partial charge in [-0.3, -0.25) is 4.90 Å². The highest BCUT2D eigenvalue weighted by molar-refractivity contribution is 7.80. The molecule has 0 bridgehead atoms. The molecule has 0 aromatic heterocycles. The number of ether oxygens (including phenoxy) is 2. The van der Waals surface area contributed by atoms with E-state index in [-0.39, 0.29) is 5.41 Å². The molecule has 2 aliphatic heterocycles. The number of hydrogen-bond donors (Lipinski definition) is 2. The first-order valence-corrected chi connectivity index (χ1v) is 11.8. The van der Waals surface area contributed by atoms with Crippen LogP contribution in [0.5, 0.6) is 11.5 Å². The van der Waals surface area contributed by atoms with Crippen LogP contribution in [-0.4, -0.2) is 42.0 Å². The van der Waals surface area contributed by atoms with E-state index < -0.39 is 0 Å². The zero-order chi connectivity index (χ0) is 21.3. The molecule has 5 nitrogen and oxygen atoms in total. The van der Waals surface area contributed by atoms with E-state index >= 15 is 0 Å². The molecule has 5 rings (SSSR count). The fraction of sp³-hybridized carbons (Fsp3) is 0.480. The maximum atomic E-state index is 5.72. The Kier molecular flexibility index (Phi) is 5.76. The number of likely N-dealkylation sites (tertiary alicyclic amines) is 1. The zero-order valence-electron chi connectivity index (χ0n) is 18.1. The van der Waals surface area contributed by atoms with Crippen LogP contribution in [0.15, 0.2) is 48.5 Å². The number of fused-ring (bicyclic) bond motifs is 2. The Labute approximate surface area is 190 Å². The van der Waals surface area contributed by atoms with Crippen molar-refractivity contribution >= 4 is 17.3 Å². The Morgan fingerprint density at radius 3 is 2.81 bits per heavy atom. The summed E-state index contributed by atoms with van der Waals surface area (Å²) in [5.41, 5.74) is 2.92. The second-order valence-corrected chi connectivity index (χ2v) is 9.33. The molecular formula is C25H31N3O2S. The highest BCUT2D eigenvalue weighted by atomic mass is 32.1. The van der Waals surface area contributed by atoms with Crippen molar-refractivity contribution < 1.29 is 9.47 Å². The minimum atomic E-state index is 0.147. The monoisotopic (exact) mass is 437 g/mol. The van der Waals surface area contributed by atoms with Crippen molar-refractivity contribution in [3.8, 4) is 11.5 Å². The number of hydrogen-bond acceptors (Lipinski definition) is 4. The van der Waals surface area contributed by atoms with Gasteiger partial charge >= 0.3 is 0 Å². The number of thiocarbonyl (C=S) groups is 1. The minimum Gasteiger partial charge on any atom is -0.454 e. The molecule has 2 fully saturated rings. The van der Waals surface area contributed by atoms with Crippen LogP contribution in [0.3, 0.4) is 0 Å². The maximum absolute atomic E-state index is 5.72. The summed E-state index contributed by atoms with van der Waals surface area (Å²) in [5.74, 6) is 1.75. The maximum Gasteiger partial charge on any atom is 0.231 e. The molecule has 31 heavy (non-hydrogen) atoms. The topological polar surface area (TPSA) is 45.8 Å². The third-order valence-corrected chi connectivity index (χ3v) is 7.48. The molecule has 2 aromatic carbocycles. The van der Waals surface area contributed by atoms with Gasteiger partial charge in [-0.05, 0) is 74.6 Å². The van der Waals surface area contributed by atoms with E-state index in [1.54, 1.807) is 0 Å². The second kappa shape index (κ2) is 8.67. The van der Waals surface area contributed by atoms with Crippen molar-refractivity contribution in [2.24, 2.45) is 0 Å². The van der Waals surface area contributed by atoms with Gasteiger partial charge in [-0.25, -0.2) is 0 Å². The summed E-state index contributed by atoms with van der Waals surface area (Å²) in [7, 11) is 0. The molecule has 0 radical (unpaired) electrons. The third kappa shape index (κ3) is 3.99. The van der Waals surface area contributed by atoms with Gasteiger partial charge in [-0.15, -0.1) is 0 Å². The summed E-state index contributed by atoms with van der Waals surface area (Å²) >= 11 is 5.50. The van der Waals surface area contributed by atoms with Crippen molar-refractivity contribution in [2.75, 3.05) is 19.9 Å². The molecule has 1 saturated heterocycles. The first-order valence-electron chi connectivity index (χ1n) is 11.4. The average Bonchev–Trinajstić information content (AvgIpc) is 3.40. The predicted molar refractivity (Wildman–Crippen MR) is 127 cm³/mol. The molecule has 0 spiro atoms. The van der Waals surface area contributed by atoms with Crippen LogP contribution in [0, 0.1) is 0 Å². The molecule has 2 N–H and O–H groups in total. The van der Waals surface area contributed by atoms with Gasteiger partial charge < -0.3 is 20.1 Å². The molecule has 0 amide bonds. The smallest absolute Gasteiger partial charge is 0.231 e. The van der Waals surface area contributed by atoms with Crippen LogP contribution >= 0.6 is 12.2 Å². The van der Waals surface area contributed by atoms with Crippen LogP contribution in [0.2, 0.25) is 0 Å². The van der Waals surface area contributed by atoms with Gasteiger partial charge in [-0.2, -0.15) is 0 Å². The Hall–Kier alpha value is -2.31. The van der Waals surface area contributed by atoms with Crippen LogP contribution < -0.4 is 20.1 Å². The van der Waals surface area contributed by atoms with E-state index in [9.17, 15) is 0 Å². The van der Waals surface area contributed by atoms with E-state index in [1.165, 1.54) is 17.5 Å². The summed E-state index contributed by atoms with van der Waals surface area (Å²) in [6.07, 6.45) is 4.53. The first kappa shape index (κ1) is 20.6. The summed E-state index contributed by atoms with van der Waals surface area (Å²) in [4.78, 5) is 2.68. The molecule has 1 aliphatic carbocycles. The lowest BCUT2D eigenvalue weighted by molar-refractivity contribution is 0.134. The van der Waals surface area contributed by atoms with Gasteiger partial charge in [0.25, 0.3) is 0 Å². The molecule has 3 atom stereocenters. The molecule has 1 saturated carbocycles. The van der Waals surface area contributed by atoms with Crippen LogP contribution in [-0.2, 0) is 12.0 Å². The second-order valence-electron chi connectivity index (χ2n) is 8.92. The normalized spacial score (nSPS) is 27.0. The fourth-order valence-corrected chi connectivity index (χ4v) is 6.03. The van der Waals surface area contributed by atoms with Gasteiger partial charge in [-0.1, -0.05) is 36.4 Å². The number of nitrogens with one attached hydrogen (secondary N) is 2. The SMILES string of the molecule is CCNC(=S)N[C@@H]1CC[C@@]2(c3ccc4c(c3)OCO4)CCN(Cc3ccccc3)[C@@H]2C1. The van der Waals surface area contributed by atoms with E-state index in [0.717, 1.165) is 55.5 Å². The van der Waals surface area contributed by atoms with Gasteiger partial charge in [0.2, 0.25) is 6.79 Å². The molecule has 6 heteroatoms. The lowest BCUT2D eigenvalue weighted by Crippen LogP contribution is -2.53. The van der Waals surface area contributed by atoms with Gasteiger partial charge in [0.1, 0.15) is 0 Å². The zero-order valence-corrected chi connectivity index (χ0v) is 18.9. The lowest BCUT2D eigenvalue weighted by atomic mass is 9.65. The van der Waals surface area contributed by atoms with Crippen LogP contribution in [0.1, 0.15) is 43.7 Å². The summed E-state index contributed by atoms with van der Waals surface area (Å²) < 4.78 is 11.3. The van der Waals surface area contributed by atoms with E-state index in [1.807, 2.05) is 0 Å². The van der Waals surface area contributed by atoms with Crippen molar-refractivity contribution in [3.63, 3.8) is 0 Å². The molecule has 3 aliphatic rings. The molecule has 2 aromatic rings. The van der Waals surface area contributed by atoms with E-state index in [4.69, 9.17) is 21.7 Å². The predicted octanol–water partition coefficient (Wildman–Crippen LogP) is 3.96. The Bertz CT molecular complexity index is 938. The number of benzene rings is 2. The fourth-order valence-electron chi connectivity index (χ4n) is 5.72. The largest absolute Gasteiger partial charge is 0.454 e. The number of rotatable bonds is 5. The van der Waals surface area contributed by atoms with Gasteiger partial charge in [0, 0.05) is 30.6 Å². The van der Waals surface area contributed by atoms with E-state index in [2.05, 4.69) is 71.0 Å². The summed E-state index contributed by atoms with van der Waals surface area (Å²) in [5, 5.41) is 7.60. The molecule has 164 valence electrons. The van der Waals surface area contributed by atoms with Crippen LogP contribution in [0.4, 0.5) is 0 Å². The van der Waals surface area contributed by atoms with Crippen molar-refractivity contribution in [1.29, 1.82) is 0 Å². The molecule has 0 unspecified atom stereocenters. The van der Waals surface area contributed by atoms with Crippen LogP contribution in [0.25, 0.3) is 0 Å². The summed E-state index contributed by atoms with van der Waals surface area (Å²) in [6.45, 7) is 5.35. The lowest BCUT2D eigenvalue weighted by Gasteiger charge is -2.45. The Morgan fingerprint density at radius 2 is 1.97 bits per heavy atom. The Balaban J connectivity index is 1.43. The average molecular weight is 438 g/mol.